The number of carbonyl (C=O) groups excluding carboxylic acids is 1. The molecule has 10 heteroatoms. The number of aromatic nitrogens is 2. The molecule has 0 saturated carbocycles. The van der Waals surface area contributed by atoms with E-state index in [4.69, 9.17) is 4.74 Å². The summed E-state index contributed by atoms with van der Waals surface area (Å²) < 4.78 is 32.6. The van der Waals surface area contributed by atoms with E-state index in [1.54, 1.807) is 12.1 Å². The lowest BCUT2D eigenvalue weighted by Gasteiger charge is -2.23. The van der Waals surface area contributed by atoms with Gasteiger partial charge in [-0.1, -0.05) is 18.3 Å². The van der Waals surface area contributed by atoms with Crippen molar-refractivity contribution in [3.05, 3.63) is 29.3 Å². The highest BCUT2D eigenvalue weighted by Crippen LogP contribution is 2.28. The first kappa shape index (κ1) is 19.7. The minimum absolute atomic E-state index is 0.148. The Morgan fingerprint density at radius 3 is 2.67 bits per heavy atom. The van der Waals surface area contributed by atoms with Gasteiger partial charge in [-0.2, -0.15) is 4.31 Å². The van der Waals surface area contributed by atoms with E-state index in [9.17, 15) is 13.2 Å². The number of hydrogen-bond donors (Lipinski definition) is 1. The van der Waals surface area contributed by atoms with Crippen molar-refractivity contribution < 1.29 is 17.9 Å². The molecule has 2 heterocycles. The van der Waals surface area contributed by atoms with Crippen molar-refractivity contribution in [1.29, 1.82) is 0 Å². The van der Waals surface area contributed by atoms with E-state index in [0.29, 0.717) is 36.9 Å². The summed E-state index contributed by atoms with van der Waals surface area (Å²) in [5, 5.41) is 11.8. The molecular weight excluding hydrogens is 388 g/mol. The second kappa shape index (κ2) is 8.32. The third-order valence-corrected chi connectivity index (χ3v) is 7.15. The molecule has 1 unspecified atom stereocenters. The number of benzene rings is 1. The number of nitrogens with zero attached hydrogens (tertiary/aromatic N) is 3. The van der Waals surface area contributed by atoms with Crippen LogP contribution in [0.4, 0.5) is 5.13 Å². The molecule has 0 spiro atoms. The van der Waals surface area contributed by atoms with Gasteiger partial charge in [-0.15, -0.1) is 10.2 Å². The van der Waals surface area contributed by atoms with E-state index in [1.165, 1.54) is 27.8 Å². The van der Waals surface area contributed by atoms with Gasteiger partial charge in [0.1, 0.15) is 16.8 Å². The first-order valence-corrected chi connectivity index (χ1v) is 11.1. The molecule has 0 bridgehead atoms. The first-order valence-electron chi connectivity index (χ1n) is 8.83. The van der Waals surface area contributed by atoms with Gasteiger partial charge in [0.15, 0.2) is 0 Å². The van der Waals surface area contributed by atoms with Gasteiger partial charge < -0.3 is 4.74 Å². The van der Waals surface area contributed by atoms with Crippen LogP contribution in [0.5, 0.6) is 5.75 Å². The average molecular weight is 411 g/mol. The number of nitrogens with one attached hydrogen (secondary N) is 1. The summed E-state index contributed by atoms with van der Waals surface area (Å²) in [6, 6.07) is 5.50. The maximum atomic E-state index is 13.0. The van der Waals surface area contributed by atoms with Crippen molar-refractivity contribution in [3.8, 4) is 5.75 Å². The first-order chi connectivity index (χ1) is 13.0. The summed E-state index contributed by atoms with van der Waals surface area (Å²) in [6.45, 7) is 4.63. The molecule has 1 amide bonds. The fourth-order valence-electron chi connectivity index (χ4n) is 2.94. The number of anilines is 1. The summed E-state index contributed by atoms with van der Waals surface area (Å²) >= 11 is 1.30. The maximum Gasteiger partial charge on any atom is 0.244 e. The van der Waals surface area contributed by atoms with Gasteiger partial charge in [0.05, 0.1) is 11.5 Å². The Morgan fingerprint density at radius 1 is 1.30 bits per heavy atom. The standard InChI is InChI=1S/C17H22N4O4S2/c1-3-15-19-20-17(26-15)18-16(22)14-6-5-11-21(14)27(23,24)13-9-7-12(8-10-13)25-4-2/h7-10,14H,3-6,11H2,1-2H3,(H,18,20,22). The van der Waals surface area contributed by atoms with Crippen LogP contribution in [-0.4, -0.2) is 48.0 Å². The van der Waals surface area contributed by atoms with Gasteiger partial charge in [0.25, 0.3) is 0 Å². The van der Waals surface area contributed by atoms with E-state index in [2.05, 4.69) is 15.5 Å². The van der Waals surface area contributed by atoms with Gasteiger partial charge >= 0.3 is 0 Å². The third-order valence-electron chi connectivity index (χ3n) is 4.25. The largest absolute Gasteiger partial charge is 0.494 e. The highest BCUT2D eigenvalue weighted by Gasteiger charge is 2.39. The van der Waals surface area contributed by atoms with Crippen molar-refractivity contribution >= 4 is 32.4 Å². The van der Waals surface area contributed by atoms with Crippen LogP contribution in [0.1, 0.15) is 31.7 Å². The molecular formula is C17H22N4O4S2. The van der Waals surface area contributed by atoms with Crippen LogP contribution in [0, 0.1) is 0 Å². The molecule has 2 aromatic rings. The van der Waals surface area contributed by atoms with Crippen LogP contribution in [0.2, 0.25) is 0 Å². The zero-order valence-electron chi connectivity index (χ0n) is 15.2. The van der Waals surface area contributed by atoms with Crippen molar-refractivity contribution in [2.24, 2.45) is 0 Å². The molecule has 3 rings (SSSR count). The molecule has 1 atom stereocenters. The molecule has 1 aromatic carbocycles. The van der Waals surface area contributed by atoms with Crippen LogP contribution in [0.25, 0.3) is 0 Å². The summed E-state index contributed by atoms with van der Waals surface area (Å²) in [6.07, 6.45) is 1.83. The molecule has 1 aliphatic rings. The van der Waals surface area contributed by atoms with Crippen molar-refractivity contribution in [3.63, 3.8) is 0 Å². The summed E-state index contributed by atoms with van der Waals surface area (Å²) in [5.41, 5.74) is 0. The van der Waals surface area contributed by atoms with E-state index in [1.807, 2.05) is 13.8 Å². The minimum atomic E-state index is -3.77. The van der Waals surface area contributed by atoms with Crippen LogP contribution in [0.15, 0.2) is 29.2 Å². The average Bonchev–Trinajstić information content (AvgIpc) is 3.32. The van der Waals surface area contributed by atoms with E-state index in [-0.39, 0.29) is 10.8 Å². The van der Waals surface area contributed by atoms with Gasteiger partial charge in [0, 0.05) is 6.54 Å². The Morgan fingerprint density at radius 2 is 2.04 bits per heavy atom. The zero-order chi connectivity index (χ0) is 19.4. The molecule has 1 aliphatic heterocycles. The summed E-state index contributed by atoms with van der Waals surface area (Å²) in [4.78, 5) is 12.8. The highest BCUT2D eigenvalue weighted by molar-refractivity contribution is 7.89. The second-order valence-corrected chi connectivity index (χ2v) is 8.97. The van der Waals surface area contributed by atoms with Gasteiger partial charge in [-0.05, 0) is 50.5 Å². The number of ether oxygens (including phenoxy) is 1. The van der Waals surface area contributed by atoms with Gasteiger partial charge in [0.2, 0.25) is 21.1 Å². The number of carbonyl (C=O) groups is 1. The fourth-order valence-corrected chi connectivity index (χ4v) is 5.27. The predicted octanol–water partition coefficient (Wildman–Crippen LogP) is 2.29. The SMILES string of the molecule is CCOc1ccc(S(=O)(=O)N2CCCC2C(=O)Nc2nnc(CC)s2)cc1. The van der Waals surface area contributed by atoms with Gasteiger partial charge in [-0.25, -0.2) is 8.42 Å². The highest BCUT2D eigenvalue weighted by atomic mass is 32.2. The van der Waals surface area contributed by atoms with E-state index >= 15 is 0 Å². The maximum absolute atomic E-state index is 13.0. The number of sulfonamides is 1. The number of hydrogen-bond acceptors (Lipinski definition) is 7. The number of aryl methyl sites for hydroxylation is 1. The Bertz CT molecular complexity index is 896. The number of rotatable bonds is 7. The lowest BCUT2D eigenvalue weighted by molar-refractivity contribution is -0.119. The van der Waals surface area contributed by atoms with E-state index < -0.39 is 16.1 Å². The molecule has 146 valence electrons. The molecule has 1 saturated heterocycles. The Kier molecular flexibility index (Phi) is 6.08. The Hall–Kier alpha value is -2.04. The molecule has 0 radical (unpaired) electrons. The molecule has 1 N–H and O–H groups in total. The molecule has 1 aromatic heterocycles. The monoisotopic (exact) mass is 410 g/mol. The molecule has 8 nitrogen and oxygen atoms in total. The fraction of sp³-hybridized carbons (Fsp3) is 0.471. The third kappa shape index (κ3) is 4.28. The minimum Gasteiger partial charge on any atom is -0.494 e. The lowest BCUT2D eigenvalue weighted by atomic mass is 10.2. The van der Waals surface area contributed by atoms with Crippen LogP contribution in [0.3, 0.4) is 0 Å². The normalized spacial score (nSPS) is 17.8. The predicted molar refractivity (Wildman–Crippen MR) is 102 cm³/mol. The number of amides is 1. The lowest BCUT2D eigenvalue weighted by Crippen LogP contribution is -2.43. The topological polar surface area (TPSA) is 101 Å². The van der Waals surface area contributed by atoms with Crippen molar-refractivity contribution in [1.82, 2.24) is 14.5 Å². The van der Waals surface area contributed by atoms with Crippen molar-refractivity contribution in [2.45, 2.75) is 44.0 Å². The van der Waals surface area contributed by atoms with Crippen LogP contribution in [-0.2, 0) is 21.2 Å². The quantitative estimate of drug-likeness (QED) is 0.751. The van der Waals surface area contributed by atoms with Crippen LogP contribution < -0.4 is 10.1 Å². The molecule has 27 heavy (non-hydrogen) atoms. The van der Waals surface area contributed by atoms with Crippen LogP contribution >= 0.6 is 11.3 Å². The molecule has 0 aliphatic carbocycles. The Labute approximate surface area is 162 Å². The zero-order valence-corrected chi connectivity index (χ0v) is 16.8. The second-order valence-electron chi connectivity index (χ2n) is 6.02. The summed E-state index contributed by atoms with van der Waals surface area (Å²) in [5.74, 6) is 0.232. The van der Waals surface area contributed by atoms with E-state index in [0.717, 1.165) is 11.4 Å². The summed E-state index contributed by atoms with van der Waals surface area (Å²) in [7, 11) is -3.77. The Balaban J connectivity index is 1.76. The smallest absolute Gasteiger partial charge is 0.244 e. The van der Waals surface area contributed by atoms with Crippen molar-refractivity contribution in [2.75, 3.05) is 18.5 Å². The molecule has 1 fully saturated rings. The van der Waals surface area contributed by atoms with Gasteiger partial charge in [-0.3, -0.25) is 10.1 Å².